The second-order valence-electron chi connectivity index (χ2n) is 5.73. The first kappa shape index (κ1) is 15.6. The molecule has 0 bridgehead atoms. The largest absolute Gasteiger partial charge is 0.309 e. The lowest BCUT2D eigenvalue weighted by atomic mass is 9.94. The summed E-state index contributed by atoms with van der Waals surface area (Å²) < 4.78 is 27.1. The van der Waals surface area contributed by atoms with E-state index < -0.39 is 11.6 Å². The lowest BCUT2D eigenvalue weighted by Crippen LogP contribution is -2.19. The van der Waals surface area contributed by atoms with E-state index in [-0.39, 0.29) is 6.04 Å². The Morgan fingerprint density at radius 2 is 1.81 bits per heavy atom. The van der Waals surface area contributed by atoms with Gasteiger partial charge in [-0.2, -0.15) is 0 Å². The fraction of sp³-hybridized carbons (Fsp3) is 0.333. The first-order valence-corrected chi connectivity index (χ1v) is 7.22. The molecule has 1 unspecified atom stereocenters. The van der Waals surface area contributed by atoms with Gasteiger partial charge in [0.15, 0.2) is 0 Å². The normalized spacial score (nSPS) is 12.7. The minimum atomic E-state index is -0.556. The third-order valence-corrected chi connectivity index (χ3v) is 3.49. The smallest absolute Gasteiger partial charge is 0.131 e. The van der Waals surface area contributed by atoms with Crippen LogP contribution in [0.1, 0.15) is 36.6 Å². The minimum absolute atomic E-state index is 0.280. The van der Waals surface area contributed by atoms with Crippen molar-refractivity contribution >= 4 is 0 Å². The standard InChI is InChI=1S/C18H21F2N/c1-12(2)9-13-5-4-6-14(10-13)18(21-3)16-8-7-15(19)11-17(16)20/h4-8,10-12,18,21H,9H2,1-3H3. The Morgan fingerprint density at radius 1 is 1.05 bits per heavy atom. The number of benzene rings is 2. The van der Waals surface area contributed by atoms with Crippen LogP contribution < -0.4 is 5.32 Å². The van der Waals surface area contributed by atoms with Gasteiger partial charge >= 0.3 is 0 Å². The molecule has 0 aliphatic heterocycles. The van der Waals surface area contributed by atoms with Crippen LogP contribution >= 0.6 is 0 Å². The molecule has 1 atom stereocenters. The predicted octanol–water partition coefficient (Wildman–Crippen LogP) is 4.47. The second-order valence-corrected chi connectivity index (χ2v) is 5.73. The zero-order chi connectivity index (χ0) is 15.4. The van der Waals surface area contributed by atoms with E-state index in [2.05, 4.69) is 31.3 Å². The van der Waals surface area contributed by atoms with Crippen LogP contribution in [0.5, 0.6) is 0 Å². The number of rotatable bonds is 5. The molecule has 0 radical (unpaired) electrons. The van der Waals surface area contributed by atoms with Crippen LogP contribution in [0.25, 0.3) is 0 Å². The van der Waals surface area contributed by atoms with E-state index in [9.17, 15) is 8.78 Å². The monoisotopic (exact) mass is 289 g/mol. The van der Waals surface area contributed by atoms with Crippen LogP contribution in [-0.2, 0) is 6.42 Å². The summed E-state index contributed by atoms with van der Waals surface area (Å²) in [5, 5.41) is 3.11. The average Bonchev–Trinajstić information content (AvgIpc) is 2.41. The van der Waals surface area contributed by atoms with Crippen LogP contribution in [-0.4, -0.2) is 7.05 Å². The molecule has 1 N–H and O–H groups in total. The summed E-state index contributed by atoms with van der Waals surface area (Å²) in [6.07, 6.45) is 0.982. The Labute approximate surface area is 125 Å². The molecule has 3 heteroatoms. The maximum absolute atomic E-state index is 14.0. The Morgan fingerprint density at radius 3 is 2.43 bits per heavy atom. The number of hydrogen-bond acceptors (Lipinski definition) is 1. The number of halogens is 2. The van der Waals surface area contributed by atoms with E-state index in [1.54, 1.807) is 7.05 Å². The van der Waals surface area contributed by atoms with Gasteiger partial charge in [-0.1, -0.05) is 44.2 Å². The SMILES string of the molecule is CNC(c1cccc(CC(C)C)c1)c1ccc(F)cc1F. The summed E-state index contributed by atoms with van der Waals surface area (Å²) in [5.41, 5.74) is 2.67. The molecule has 0 saturated heterocycles. The van der Waals surface area contributed by atoms with Crippen molar-refractivity contribution in [2.45, 2.75) is 26.3 Å². The van der Waals surface area contributed by atoms with E-state index in [0.29, 0.717) is 11.5 Å². The van der Waals surface area contributed by atoms with Gasteiger partial charge in [0.05, 0.1) is 6.04 Å². The van der Waals surface area contributed by atoms with E-state index in [0.717, 1.165) is 18.1 Å². The summed E-state index contributed by atoms with van der Waals surface area (Å²) >= 11 is 0. The molecular formula is C18H21F2N. The van der Waals surface area contributed by atoms with Crippen molar-refractivity contribution in [1.29, 1.82) is 0 Å². The highest BCUT2D eigenvalue weighted by Crippen LogP contribution is 2.26. The highest BCUT2D eigenvalue weighted by molar-refractivity contribution is 5.35. The quantitative estimate of drug-likeness (QED) is 0.856. The molecular weight excluding hydrogens is 268 g/mol. The maximum atomic E-state index is 14.0. The van der Waals surface area contributed by atoms with Gasteiger partial charge in [-0.15, -0.1) is 0 Å². The average molecular weight is 289 g/mol. The van der Waals surface area contributed by atoms with Crippen molar-refractivity contribution in [2.24, 2.45) is 5.92 Å². The predicted molar refractivity (Wildman–Crippen MR) is 82.2 cm³/mol. The van der Waals surface area contributed by atoms with Crippen molar-refractivity contribution in [3.63, 3.8) is 0 Å². The Balaban J connectivity index is 2.37. The summed E-state index contributed by atoms with van der Waals surface area (Å²) in [7, 11) is 1.78. The molecule has 0 fully saturated rings. The van der Waals surface area contributed by atoms with E-state index in [4.69, 9.17) is 0 Å². The molecule has 0 aliphatic carbocycles. The van der Waals surface area contributed by atoms with Gasteiger partial charge in [-0.3, -0.25) is 0 Å². The highest BCUT2D eigenvalue weighted by atomic mass is 19.1. The summed E-state index contributed by atoms with van der Waals surface area (Å²) in [5.74, 6) is -0.515. The van der Waals surface area contributed by atoms with Crippen molar-refractivity contribution in [3.8, 4) is 0 Å². The van der Waals surface area contributed by atoms with Gasteiger partial charge in [0.25, 0.3) is 0 Å². The van der Waals surface area contributed by atoms with Crippen molar-refractivity contribution in [3.05, 3.63) is 70.8 Å². The van der Waals surface area contributed by atoms with Gasteiger partial charge in [0.1, 0.15) is 11.6 Å². The van der Waals surface area contributed by atoms with Crippen molar-refractivity contribution < 1.29 is 8.78 Å². The zero-order valence-electron chi connectivity index (χ0n) is 12.7. The van der Waals surface area contributed by atoms with Gasteiger partial charge in [-0.25, -0.2) is 8.78 Å². The highest BCUT2D eigenvalue weighted by Gasteiger charge is 2.17. The lowest BCUT2D eigenvalue weighted by molar-refractivity contribution is 0.551. The molecule has 2 aromatic carbocycles. The molecule has 0 aliphatic rings. The van der Waals surface area contributed by atoms with Gasteiger partial charge in [0, 0.05) is 11.6 Å². The molecule has 112 valence electrons. The van der Waals surface area contributed by atoms with Crippen LogP contribution in [0, 0.1) is 17.6 Å². The van der Waals surface area contributed by atoms with Crippen molar-refractivity contribution in [2.75, 3.05) is 7.05 Å². The molecule has 0 spiro atoms. The Kier molecular flexibility index (Phi) is 5.07. The van der Waals surface area contributed by atoms with E-state index >= 15 is 0 Å². The van der Waals surface area contributed by atoms with Crippen molar-refractivity contribution in [1.82, 2.24) is 5.32 Å². The third-order valence-electron chi connectivity index (χ3n) is 3.49. The zero-order valence-corrected chi connectivity index (χ0v) is 12.7. The topological polar surface area (TPSA) is 12.0 Å². The lowest BCUT2D eigenvalue weighted by Gasteiger charge is -2.19. The molecule has 1 nitrogen and oxygen atoms in total. The van der Waals surface area contributed by atoms with Crippen LogP contribution in [0.15, 0.2) is 42.5 Å². The molecule has 0 heterocycles. The number of nitrogens with one attached hydrogen (secondary N) is 1. The first-order valence-electron chi connectivity index (χ1n) is 7.22. The minimum Gasteiger partial charge on any atom is -0.309 e. The fourth-order valence-electron chi connectivity index (χ4n) is 2.61. The first-order chi connectivity index (χ1) is 10.0. The summed E-state index contributed by atoms with van der Waals surface area (Å²) in [6, 6.07) is 11.6. The Bertz CT molecular complexity index is 608. The second kappa shape index (κ2) is 6.81. The van der Waals surface area contributed by atoms with Crippen LogP contribution in [0.2, 0.25) is 0 Å². The molecule has 0 aromatic heterocycles. The molecule has 21 heavy (non-hydrogen) atoms. The van der Waals surface area contributed by atoms with E-state index in [1.165, 1.54) is 17.7 Å². The molecule has 2 aromatic rings. The van der Waals surface area contributed by atoms with Gasteiger partial charge < -0.3 is 5.32 Å². The van der Waals surface area contributed by atoms with E-state index in [1.807, 2.05) is 12.1 Å². The third kappa shape index (κ3) is 3.88. The fourth-order valence-corrected chi connectivity index (χ4v) is 2.61. The summed E-state index contributed by atoms with van der Waals surface area (Å²) in [6.45, 7) is 4.34. The summed E-state index contributed by atoms with van der Waals surface area (Å²) in [4.78, 5) is 0. The number of hydrogen-bond donors (Lipinski definition) is 1. The molecule has 0 amide bonds. The maximum Gasteiger partial charge on any atom is 0.131 e. The van der Waals surface area contributed by atoms with Crippen LogP contribution in [0.3, 0.4) is 0 Å². The molecule has 2 rings (SSSR count). The Hall–Kier alpha value is -1.74. The molecule has 0 saturated carbocycles. The van der Waals surface area contributed by atoms with Gasteiger partial charge in [0.2, 0.25) is 0 Å². The van der Waals surface area contributed by atoms with Gasteiger partial charge in [-0.05, 0) is 36.6 Å². The van der Waals surface area contributed by atoms with Crippen LogP contribution in [0.4, 0.5) is 8.78 Å².